The maximum atomic E-state index is 6.09. The minimum Gasteiger partial charge on any atom is -0.494 e. The summed E-state index contributed by atoms with van der Waals surface area (Å²) in [5.41, 5.74) is 1.22. The summed E-state index contributed by atoms with van der Waals surface area (Å²) < 4.78 is 11.9. The van der Waals surface area contributed by atoms with Crippen LogP contribution < -0.4 is 10.1 Å². The van der Waals surface area contributed by atoms with Crippen molar-refractivity contribution in [2.24, 2.45) is 0 Å². The van der Waals surface area contributed by atoms with Gasteiger partial charge >= 0.3 is 0 Å². The van der Waals surface area contributed by atoms with Gasteiger partial charge in [0.15, 0.2) is 0 Å². The second-order valence-electron chi connectivity index (χ2n) is 5.47. The van der Waals surface area contributed by atoms with Crippen LogP contribution in [0.25, 0.3) is 0 Å². The summed E-state index contributed by atoms with van der Waals surface area (Å²) in [5, 5.41) is 3.64. The molecule has 1 aromatic rings. The van der Waals surface area contributed by atoms with E-state index in [4.69, 9.17) is 9.47 Å². The predicted molar refractivity (Wildman–Crippen MR) is 82.2 cm³/mol. The molecule has 1 saturated heterocycles. The Hall–Kier alpha value is -1.06. The van der Waals surface area contributed by atoms with Gasteiger partial charge in [0.2, 0.25) is 0 Å². The van der Waals surface area contributed by atoms with Gasteiger partial charge in [-0.3, -0.25) is 0 Å². The average molecular weight is 277 g/mol. The second kappa shape index (κ2) is 7.65. The van der Waals surface area contributed by atoms with Gasteiger partial charge in [0.05, 0.1) is 24.9 Å². The maximum Gasteiger partial charge on any atom is 0.124 e. The van der Waals surface area contributed by atoms with E-state index in [1.807, 2.05) is 13.0 Å². The topological polar surface area (TPSA) is 30.5 Å². The van der Waals surface area contributed by atoms with Crippen LogP contribution in [0.15, 0.2) is 24.3 Å². The highest BCUT2D eigenvalue weighted by molar-refractivity contribution is 5.36. The fraction of sp³-hybridized carbons (Fsp3) is 0.647. The first-order chi connectivity index (χ1) is 9.76. The van der Waals surface area contributed by atoms with Crippen molar-refractivity contribution in [2.75, 3.05) is 13.2 Å². The molecule has 3 nitrogen and oxygen atoms in total. The highest BCUT2D eigenvalue weighted by Crippen LogP contribution is 2.34. The van der Waals surface area contributed by atoms with Crippen molar-refractivity contribution in [3.05, 3.63) is 29.8 Å². The molecule has 0 spiro atoms. The highest BCUT2D eigenvalue weighted by atomic mass is 16.5. The third-order valence-corrected chi connectivity index (χ3v) is 3.80. The first-order valence-electron chi connectivity index (χ1n) is 7.86. The third-order valence-electron chi connectivity index (χ3n) is 3.80. The molecule has 0 saturated carbocycles. The smallest absolute Gasteiger partial charge is 0.124 e. The van der Waals surface area contributed by atoms with Crippen LogP contribution >= 0.6 is 0 Å². The second-order valence-corrected chi connectivity index (χ2v) is 5.47. The zero-order valence-corrected chi connectivity index (χ0v) is 12.9. The Balaban J connectivity index is 2.21. The Labute approximate surface area is 122 Å². The normalized spacial score (nSPS) is 23.8. The molecule has 0 radical (unpaired) electrons. The Morgan fingerprint density at radius 2 is 2.10 bits per heavy atom. The van der Waals surface area contributed by atoms with Gasteiger partial charge in [-0.25, -0.2) is 0 Å². The third kappa shape index (κ3) is 3.74. The van der Waals surface area contributed by atoms with Crippen LogP contribution in [0.1, 0.15) is 51.6 Å². The maximum absolute atomic E-state index is 6.09. The number of para-hydroxylation sites is 1. The monoisotopic (exact) mass is 277 g/mol. The van der Waals surface area contributed by atoms with Gasteiger partial charge in [-0.2, -0.15) is 0 Å². The molecule has 1 aliphatic rings. The summed E-state index contributed by atoms with van der Waals surface area (Å²) in [6.07, 6.45) is 3.99. The molecule has 20 heavy (non-hydrogen) atoms. The zero-order chi connectivity index (χ0) is 14.4. The predicted octanol–water partition coefficient (Wildman–Crippen LogP) is 3.69. The van der Waals surface area contributed by atoms with E-state index in [0.717, 1.165) is 31.6 Å². The van der Waals surface area contributed by atoms with Crippen LogP contribution in [0.2, 0.25) is 0 Å². The van der Waals surface area contributed by atoms with Gasteiger partial charge in [0, 0.05) is 5.56 Å². The molecular formula is C17H27NO2. The summed E-state index contributed by atoms with van der Waals surface area (Å²) in [7, 11) is 0. The van der Waals surface area contributed by atoms with Crippen molar-refractivity contribution in [1.82, 2.24) is 5.32 Å². The fourth-order valence-corrected chi connectivity index (χ4v) is 2.84. The largest absolute Gasteiger partial charge is 0.494 e. The molecule has 1 fully saturated rings. The minimum atomic E-state index is 0.225. The number of rotatable bonds is 7. The van der Waals surface area contributed by atoms with Gasteiger partial charge in [-0.1, -0.05) is 25.1 Å². The molecular weight excluding hydrogens is 250 g/mol. The van der Waals surface area contributed by atoms with Crippen molar-refractivity contribution in [3.63, 3.8) is 0 Å². The molecule has 3 unspecified atom stereocenters. The summed E-state index contributed by atoms with van der Waals surface area (Å²) in [4.78, 5) is 0. The van der Waals surface area contributed by atoms with Gasteiger partial charge in [0.1, 0.15) is 5.75 Å². The van der Waals surface area contributed by atoms with Crippen molar-refractivity contribution < 1.29 is 9.47 Å². The molecule has 0 aromatic heterocycles. The summed E-state index contributed by atoms with van der Waals surface area (Å²) in [5.74, 6) is 0.978. The van der Waals surface area contributed by atoms with Crippen molar-refractivity contribution >= 4 is 0 Å². The van der Waals surface area contributed by atoms with E-state index in [-0.39, 0.29) is 12.1 Å². The van der Waals surface area contributed by atoms with Crippen LogP contribution in [0.4, 0.5) is 0 Å². The van der Waals surface area contributed by atoms with Crippen LogP contribution in [-0.4, -0.2) is 25.4 Å². The summed E-state index contributed by atoms with van der Waals surface area (Å²) in [6, 6.07) is 8.55. The van der Waals surface area contributed by atoms with Crippen LogP contribution in [0.5, 0.6) is 5.75 Å². The van der Waals surface area contributed by atoms with E-state index in [9.17, 15) is 0 Å². The van der Waals surface area contributed by atoms with Gasteiger partial charge in [0.25, 0.3) is 0 Å². The molecule has 1 aromatic carbocycles. The van der Waals surface area contributed by atoms with E-state index < -0.39 is 0 Å². The number of nitrogens with one attached hydrogen (secondary N) is 1. The molecule has 0 bridgehead atoms. The molecule has 3 heteroatoms. The average Bonchev–Trinajstić information content (AvgIpc) is 2.88. The first-order valence-corrected chi connectivity index (χ1v) is 7.86. The molecule has 2 rings (SSSR count). The Morgan fingerprint density at radius 3 is 2.75 bits per heavy atom. The van der Waals surface area contributed by atoms with Gasteiger partial charge in [-0.05, 0) is 45.7 Å². The molecule has 0 amide bonds. The lowest BCUT2D eigenvalue weighted by Gasteiger charge is -2.27. The Morgan fingerprint density at radius 1 is 1.30 bits per heavy atom. The highest BCUT2D eigenvalue weighted by Gasteiger charge is 2.31. The van der Waals surface area contributed by atoms with Crippen molar-refractivity contribution in [3.8, 4) is 5.75 Å². The number of benzene rings is 1. The first kappa shape index (κ1) is 15.3. The lowest BCUT2D eigenvalue weighted by atomic mass is 9.98. The van der Waals surface area contributed by atoms with E-state index in [0.29, 0.717) is 12.7 Å². The summed E-state index contributed by atoms with van der Waals surface area (Å²) in [6.45, 7) is 8.07. The SMILES string of the molecule is CCCNC(c1ccccc1OCC)C1CCC(C)O1. The minimum absolute atomic E-state index is 0.225. The van der Waals surface area contributed by atoms with E-state index >= 15 is 0 Å². The van der Waals surface area contributed by atoms with Crippen LogP contribution in [-0.2, 0) is 4.74 Å². The molecule has 0 aliphatic carbocycles. The Bertz CT molecular complexity index is 408. The molecule has 1 heterocycles. The van der Waals surface area contributed by atoms with Gasteiger partial charge < -0.3 is 14.8 Å². The quantitative estimate of drug-likeness (QED) is 0.824. The van der Waals surface area contributed by atoms with Gasteiger partial charge in [-0.15, -0.1) is 0 Å². The van der Waals surface area contributed by atoms with Crippen molar-refractivity contribution in [1.29, 1.82) is 0 Å². The number of hydrogen-bond acceptors (Lipinski definition) is 3. The standard InChI is InChI=1S/C17H27NO2/c1-4-12-18-17(16-11-10-13(3)20-16)14-8-6-7-9-15(14)19-5-2/h6-9,13,16-18H,4-5,10-12H2,1-3H3. The number of ether oxygens (including phenoxy) is 2. The van der Waals surface area contributed by atoms with E-state index in [1.54, 1.807) is 0 Å². The van der Waals surface area contributed by atoms with Crippen molar-refractivity contribution in [2.45, 2.75) is 58.3 Å². The molecule has 112 valence electrons. The fourth-order valence-electron chi connectivity index (χ4n) is 2.84. The Kier molecular flexibility index (Phi) is 5.86. The molecule has 1 aliphatic heterocycles. The molecule has 3 atom stereocenters. The van der Waals surface area contributed by atoms with Crippen LogP contribution in [0.3, 0.4) is 0 Å². The number of hydrogen-bond donors (Lipinski definition) is 1. The summed E-state index contributed by atoms with van der Waals surface area (Å²) >= 11 is 0. The van der Waals surface area contributed by atoms with Crippen LogP contribution in [0, 0.1) is 0 Å². The molecule has 1 N–H and O–H groups in total. The van der Waals surface area contributed by atoms with E-state index in [1.165, 1.54) is 5.56 Å². The zero-order valence-electron chi connectivity index (χ0n) is 12.9. The lowest BCUT2D eigenvalue weighted by molar-refractivity contribution is 0.0310. The lowest BCUT2D eigenvalue weighted by Crippen LogP contribution is -2.33. The van der Waals surface area contributed by atoms with E-state index in [2.05, 4.69) is 37.4 Å².